The van der Waals surface area contributed by atoms with Crippen LogP contribution >= 0.6 is 23.2 Å². The third kappa shape index (κ3) is 1.87. The van der Waals surface area contributed by atoms with Gasteiger partial charge in [0, 0.05) is 11.8 Å². The van der Waals surface area contributed by atoms with Crippen molar-refractivity contribution in [1.82, 2.24) is 15.0 Å². The number of aromatic nitrogens is 3. The van der Waals surface area contributed by atoms with Crippen LogP contribution in [0.4, 0.5) is 5.95 Å². The van der Waals surface area contributed by atoms with Crippen molar-refractivity contribution in [3.8, 4) is 17.0 Å². The minimum atomic E-state index is -0.183. The summed E-state index contributed by atoms with van der Waals surface area (Å²) in [5, 5.41) is 10.1. The van der Waals surface area contributed by atoms with E-state index in [1.54, 1.807) is 24.4 Å². The van der Waals surface area contributed by atoms with Crippen LogP contribution in [0.1, 0.15) is 0 Å². The summed E-state index contributed by atoms with van der Waals surface area (Å²) in [4.78, 5) is 11.3. The molecule has 0 atom stereocenters. The molecule has 0 radical (unpaired) electrons. The molecule has 0 unspecified atom stereocenters. The quantitative estimate of drug-likeness (QED) is 0.643. The highest BCUT2D eigenvalue weighted by Gasteiger charge is 2.16. The van der Waals surface area contributed by atoms with Crippen molar-refractivity contribution in [3.05, 3.63) is 34.4 Å². The Bertz CT molecular complexity index is 785. The molecule has 0 aliphatic carbocycles. The number of halogens is 2. The van der Waals surface area contributed by atoms with Gasteiger partial charge in [-0.05, 0) is 18.2 Å². The van der Waals surface area contributed by atoms with E-state index in [1.165, 1.54) is 0 Å². The Morgan fingerprint density at radius 2 is 1.95 bits per heavy atom. The summed E-state index contributed by atoms with van der Waals surface area (Å²) in [6.45, 7) is 0. The van der Waals surface area contributed by atoms with E-state index < -0.39 is 0 Å². The highest BCUT2D eigenvalue weighted by Crippen LogP contribution is 2.40. The Kier molecular flexibility index (Phi) is 2.73. The summed E-state index contributed by atoms with van der Waals surface area (Å²) in [5.41, 5.74) is 8.09. The Balaban J connectivity index is 2.36. The van der Waals surface area contributed by atoms with Crippen molar-refractivity contribution >= 4 is 40.2 Å². The normalized spacial score (nSPS) is 11.1. The first-order valence-electron chi connectivity index (χ1n) is 5.36. The average molecular weight is 295 g/mol. The van der Waals surface area contributed by atoms with Gasteiger partial charge in [-0.15, -0.1) is 0 Å². The number of phenols is 1. The van der Waals surface area contributed by atoms with E-state index >= 15 is 0 Å². The molecule has 0 bridgehead atoms. The summed E-state index contributed by atoms with van der Waals surface area (Å²) in [6, 6.07) is 5.00. The SMILES string of the molecule is Nc1nc(-c2ccc(Cl)c(O)c2Cl)c2[nH]ccc2n1. The average Bonchev–Trinajstić information content (AvgIpc) is 2.83. The summed E-state index contributed by atoms with van der Waals surface area (Å²) in [5.74, 6) is -0.0506. The zero-order chi connectivity index (χ0) is 13.6. The highest BCUT2D eigenvalue weighted by atomic mass is 35.5. The first-order valence-corrected chi connectivity index (χ1v) is 6.11. The molecule has 7 heteroatoms. The number of phenolic OH excluding ortho intramolecular Hbond substituents is 1. The number of hydrogen-bond donors (Lipinski definition) is 3. The van der Waals surface area contributed by atoms with Gasteiger partial charge >= 0.3 is 0 Å². The van der Waals surface area contributed by atoms with Crippen LogP contribution in [-0.4, -0.2) is 20.1 Å². The van der Waals surface area contributed by atoms with Crippen LogP contribution in [0, 0.1) is 0 Å². The Morgan fingerprint density at radius 3 is 2.74 bits per heavy atom. The third-order valence-electron chi connectivity index (χ3n) is 2.75. The van der Waals surface area contributed by atoms with Crippen molar-refractivity contribution < 1.29 is 5.11 Å². The highest BCUT2D eigenvalue weighted by molar-refractivity contribution is 6.39. The molecule has 0 saturated heterocycles. The molecule has 0 spiro atoms. The van der Waals surface area contributed by atoms with Crippen LogP contribution < -0.4 is 5.73 Å². The fourth-order valence-electron chi connectivity index (χ4n) is 1.88. The second-order valence-electron chi connectivity index (χ2n) is 3.93. The van der Waals surface area contributed by atoms with E-state index in [1.807, 2.05) is 0 Å². The minimum absolute atomic E-state index is 0.126. The van der Waals surface area contributed by atoms with E-state index in [-0.39, 0.29) is 21.7 Å². The van der Waals surface area contributed by atoms with Gasteiger partial charge in [-0.2, -0.15) is 0 Å². The lowest BCUT2D eigenvalue weighted by atomic mass is 10.1. The maximum atomic E-state index is 9.79. The number of nitrogens with one attached hydrogen (secondary N) is 1. The number of fused-ring (bicyclic) bond motifs is 1. The fraction of sp³-hybridized carbons (Fsp3) is 0. The monoisotopic (exact) mass is 294 g/mol. The third-order valence-corrected chi connectivity index (χ3v) is 3.43. The van der Waals surface area contributed by atoms with Gasteiger partial charge in [0.05, 0.1) is 21.1 Å². The maximum Gasteiger partial charge on any atom is 0.221 e. The van der Waals surface area contributed by atoms with E-state index in [9.17, 15) is 5.11 Å². The van der Waals surface area contributed by atoms with E-state index in [4.69, 9.17) is 28.9 Å². The van der Waals surface area contributed by atoms with Crippen LogP contribution in [0.15, 0.2) is 24.4 Å². The van der Waals surface area contributed by atoms with Gasteiger partial charge < -0.3 is 15.8 Å². The Morgan fingerprint density at radius 1 is 1.16 bits per heavy atom. The number of aromatic hydroxyl groups is 1. The molecule has 2 heterocycles. The van der Waals surface area contributed by atoms with E-state index in [2.05, 4.69) is 15.0 Å². The van der Waals surface area contributed by atoms with Crippen molar-refractivity contribution in [1.29, 1.82) is 0 Å². The fourth-order valence-corrected chi connectivity index (χ4v) is 2.34. The second-order valence-corrected chi connectivity index (χ2v) is 4.71. The molecule has 0 saturated carbocycles. The van der Waals surface area contributed by atoms with Gasteiger partial charge in [0.25, 0.3) is 0 Å². The molecule has 96 valence electrons. The molecule has 3 aromatic rings. The van der Waals surface area contributed by atoms with Crippen LogP contribution in [0.2, 0.25) is 10.0 Å². The maximum absolute atomic E-state index is 9.79. The second kappa shape index (κ2) is 4.29. The molecule has 0 aliphatic heterocycles. The number of anilines is 1. The number of benzene rings is 1. The van der Waals surface area contributed by atoms with E-state index in [0.717, 1.165) is 0 Å². The van der Waals surface area contributed by atoms with E-state index in [0.29, 0.717) is 22.3 Å². The summed E-state index contributed by atoms with van der Waals surface area (Å²) in [6.07, 6.45) is 1.73. The van der Waals surface area contributed by atoms with Crippen molar-refractivity contribution in [2.75, 3.05) is 5.73 Å². The summed E-state index contributed by atoms with van der Waals surface area (Å²) < 4.78 is 0. The standard InChI is InChI=1S/C12H8Cl2N4O/c13-6-2-1-5(8(14)11(6)19)9-10-7(3-4-16-10)17-12(15)18-9/h1-4,16,19H,(H2,15,17,18). The smallest absolute Gasteiger partial charge is 0.221 e. The molecule has 0 aliphatic rings. The van der Waals surface area contributed by atoms with Crippen LogP contribution in [0.5, 0.6) is 5.75 Å². The molecule has 5 nitrogen and oxygen atoms in total. The molecule has 19 heavy (non-hydrogen) atoms. The molecule has 0 fully saturated rings. The molecule has 4 N–H and O–H groups in total. The van der Waals surface area contributed by atoms with Crippen molar-refractivity contribution in [2.24, 2.45) is 0 Å². The van der Waals surface area contributed by atoms with Gasteiger partial charge in [-0.1, -0.05) is 23.2 Å². The first kappa shape index (κ1) is 12.1. The molecule has 0 amide bonds. The first-order chi connectivity index (χ1) is 9.08. The number of H-pyrrole nitrogens is 1. The predicted octanol–water partition coefficient (Wildman–Crippen LogP) is 3.22. The molecule has 3 rings (SSSR count). The van der Waals surface area contributed by atoms with Gasteiger partial charge in [0.1, 0.15) is 5.69 Å². The lowest BCUT2D eigenvalue weighted by Crippen LogP contribution is -1.97. The molecule has 1 aromatic carbocycles. The number of rotatable bonds is 1. The lowest BCUT2D eigenvalue weighted by Gasteiger charge is -2.08. The largest absolute Gasteiger partial charge is 0.505 e. The summed E-state index contributed by atoms with van der Waals surface area (Å²) >= 11 is 11.9. The van der Waals surface area contributed by atoms with Crippen LogP contribution in [-0.2, 0) is 0 Å². The molecular formula is C12H8Cl2N4O. The Hall–Kier alpha value is -1.98. The number of nitrogen functional groups attached to an aromatic ring is 1. The van der Waals surface area contributed by atoms with Crippen molar-refractivity contribution in [3.63, 3.8) is 0 Å². The van der Waals surface area contributed by atoms with Crippen LogP contribution in [0.3, 0.4) is 0 Å². The van der Waals surface area contributed by atoms with Crippen molar-refractivity contribution in [2.45, 2.75) is 0 Å². The van der Waals surface area contributed by atoms with Gasteiger partial charge in [0.2, 0.25) is 5.95 Å². The summed E-state index contributed by atoms with van der Waals surface area (Å²) in [7, 11) is 0. The number of nitrogens with zero attached hydrogens (tertiary/aromatic N) is 2. The number of nitrogens with two attached hydrogens (primary N) is 1. The number of aromatic amines is 1. The molecule has 2 aromatic heterocycles. The molecular weight excluding hydrogens is 287 g/mol. The topological polar surface area (TPSA) is 87.8 Å². The van der Waals surface area contributed by atoms with Crippen LogP contribution in [0.25, 0.3) is 22.3 Å². The van der Waals surface area contributed by atoms with Gasteiger partial charge in [0.15, 0.2) is 5.75 Å². The van der Waals surface area contributed by atoms with Gasteiger partial charge in [-0.25, -0.2) is 9.97 Å². The zero-order valence-corrected chi connectivity index (χ0v) is 11.0. The predicted molar refractivity (Wildman–Crippen MR) is 75.4 cm³/mol. The minimum Gasteiger partial charge on any atom is -0.505 e. The van der Waals surface area contributed by atoms with Gasteiger partial charge in [-0.3, -0.25) is 0 Å². The number of hydrogen-bond acceptors (Lipinski definition) is 4. The Labute approximate surface area is 118 Å². The lowest BCUT2D eigenvalue weighted by molar-refractivity contribution is 0.476. The zero-order valence-electron chi connectivity index (χ0n) is 9.48.